The van der Waals surface area contributed by atoms with Crippen molar-refractivity contribution in [2.24, 2.45) is 0 Å². The molecule has 0 bridgehead atoms. The van der Waals surface area contributed by atoms with E-state index in [2.05, 4.69) is 16.7 Å². The maximum Gasteiger partial charge on any atom is 0.00470 e. The Morgan fingerprint density at radius 1 is 0.875 bits per heavy atom. The molecule has 2 heteroatoms. The van der Waals surface area contributed by atoms with Gasteiger partial charge in [-0.05, 0) is 57.5 Å². The average molecular weight is 241 g/mol. The summed E-state index contributed by atoms with van der Waals surface area (Å²) in [5, 5.41) is 1.01. The number of piperidine rings is 1. The minimum Gasteiger partial charge on any atom is -0.303 e. The van der Waals surface area contributed by atoms with E-state index >= 15 is 0 Å². The fourth-order valence-corrected chi connectivity index (χ4v) is 4.25. The third-order valence-electron chi connectivity index (χ3n) is 3.97. The van der Waals surface area contributed by atoms with Gasteiger partial charge in [0.15, 0.2) is 0 Å². The highest BCUT2D eigenvalue weighted by molar-refractivity contribution is 7.99. The van der Waals surface area contributed by atoms with Gasteiger partial charge in [-0.1, -0.05) is 25.7 Å². The van der Waals surface area contributed by atoms with E-state index in [1.807, 2.05) is 0 Å². The predicted octanol–water partition coefficient (Wildman–Crippen LogP) is 3.93. The number of thioether (sulfide) groups is 1. The van der Waals surface area contributed by atoms with Gasteiger partial charge in [0.1, 0.15) is 0 Å². The molecular weight excluding hydrogens is 214 g/mol. The zero-order valence-corrected chi connectivity index (χ0v) is 11.4. The second kappa shape index (κ2) is 7.60. The van der Waals surface area contributed by atoms with Crippen molar-refractivity contribution >= 4 is 11.8 Å². The maximum atomic E-state index is 2.67. The van der Waals surface area contributed by atoms with Crippen LogP contribution in [0, 0.1) is 0 Å². The summed E-state index contributed by atoms with van der Waals surface area (Å²) in [6.07, 6.45) is 13.2. The Balaban J connectivity index is 1.47. The number of hydrogen-bond donors (Lipinski definition) is 0. The van der Waals surface area contributed by atoms with Crippen LogP contribution in [0.5, 0.6) is 0 Å². The molecule has 1 nitrogen and oxygen atoms in total. The predicted molar refractivity (Wildman–Crippen MR) is 74.2 cm³/mol. The second-order valence-corrected chi connectivity index (χ2v) is 6.79. The van der Waals surface area contributed by atoms with Crippen LogP contribution in [0.4, 0.5) is 0 Å². The van der Waals surface area contributed by atoms with Crippen LogP contribution in [0.3, 0.4) is 0 Å². The highest BCUT2D eigenvalue weighted by Gasteiger charge is 2.14. The molecule has 94 valence electrons. The normalized spacial score (nSPS) is 24.8. The molecule has 0 radical (unpaired) electrons. The quantitative estimate of drug-likeness (QED) is 0.671. The molecule has 0 atom stereocenters. The van der Waals surface area contributed by atoms with E-state index in [4.69, 9.17) is 0 Å². The number of rotatable bonds is 5. The van der Waals surface area contributed by atoms with E-state index in [0.717, 1.165) is 5.25 Å². The monoisotopic (exact) mass is 241 g/mol. The van der Waals surface area contributed by atoms with Gasteiger partial charge >= 0.3 is 0 Å². The van der Waals surface area contributed by atoms with Crippen molar-refractivity contribution in [3.63, 3.8) is 0 Å². The van der Waals surface area contributed by atoms with E-state index in [1.54, 1.807) is 0 Å². The first kappa shape index (κ1) is 12.8. The molecular formula is C14H27NS. The number of likely N-dealkylation sites (tertiary alicyclic amines) is 1. The Hall–Kier alpha value is 0.310. The first-order valence-corrected chi connectivity index (χ1v) is 8.34. The molecule has 0 aromatic heterocycles. The third kappa shape index (κ3) is 4.67. The van der Waals surface area contributed by atoms with Crippen molar-refractivity contribution in [2.75, 3.05) is 25.4 Å². The van der Waals surface area contributed by atoms with E-state index in [0.29, 0.717) is 0 Å². The van der Waals surface area contributed by atoms with Gasteiger partial charge in [0, 0.05) is 5.25 Å². The Labute approximate surface area is 105 Å². The lowest BCUT2D eigenvalue weighted by molar-refractivity contribution is 0.230. The fraction of sp³-hybridized carbons (Fsp3) is 1.00. The minimum atomic E-state index is 1.01. The summed E-state index contributed by atoms with van der Waals surface area (Å²) in [6.45, 7) is 4.10. The van der Waals surface area contributed by atoms with E-state index < -0.39 is 0 Å². The lowest BCUT2D eigenvalue weighted by atomic mass is 10.0. The molecule has 2 aliphatic rings. The van der Waals surface area contributed by atoms with Crippen molar-refractivity contribution in [3.05, 3.63) is 0 Å². The van der Waals surface area contributed by atoms with Gasteiger partial charge in [0.2, 0.25) is 0 Å². The zero-order valence-electron chi connectivity index (χ0n) is 10.6. The molecule has 16 heavy (non-hydrogen) atoms. The van der Waals surface area contributed by atoms with Crippen LogP contribution in [0.2, 0.25) is 0 Å². The molecule has 0 amide bonds. The fourth-order valence-electron chi connectivity index (χ4n) is 2.95. The van der Waals surface area contributed by atoms with E-state index in [9.17, 15) is 0 Å². The molecule has 1 aliphatic carbocycles. The summed E-state index contributed by atoms with van der Waals surface area (Å²) in [4.78, 5) is 2.67. The second-order valence-electron chi connectivity index (χ2n) is 5.39. The van der Waals surface area contributed by atoms with Crippen LogP contribution in [0.1, 0.15) is 57.8 Å². The van der Waals surface area contributed by atoms with Crippen LogP contribution >= 0.6 is 11.8 Å². The standard InChI is InChI=1S/C14H27NS/c1-3-8-14(9-4-1)16-13-7-12-15-10-5-2-6-11-15/h14H,1-13H2. The Morgan fingerprint density at radius 3 is 2.31 bits per heavy atom. The van der Waals surface area contributed by atoms with E-state index in [1.165, 1.54) is 83.2 Å². The largest absolute Gasteiger partial charge is 0.303 e. The first-order chi connectivity index (χ1) is 7.95. The van der Waals surface area contributed by atoms with Gasteiger partial charge in [0.05, 0.1) is 0 Å². The molecule has 0 spiro atoms. The van der Waals surface area contributed by atoms with Gasteiger partial charge in [-0.25, -0.2) is 0 Å². The van der Waals surface area contributed by atoms with Crippen molar-refractivity contribution < 1.29 is 0 Å². The van der Waals surface area contributed by atoms with Crippen molar-refractivity contribution in [2.45, 2.75) is 63.0 Å². The summed E-state index contributed by atoms with van der Waals surface area (Å²) < 4.78 is 0. The molecule has 0 unspecified atom stereocenters. The van der Waals surface area contributed by atoms with Crippen LogP contribution in [0.25, 0.3) is 0 Å². The van der Waals surface area contributed by atoms with Crippen LogP contribution in [-0.4, -0.2) is 35.5 Å². The average Bonchev–Trinajstić information content (AvgIpc) is 2.37. The molecule has 1 saturated heterocycles. The lowest BCUT2D eigenvalue weighted by Gasteiger charge is -2.26. The number of hydrogen-bond acceptors (Lipinski definition) is 2. The summed E-state index contributed by atoms with van der Waals surface area (Å²) in [6, 6.07) is 0. The summed E-state index contributed by atoms with van der Waals surface area (Å²) in [7, 11) is 0. The Bertz CT molecular complexity index is 152. The Morgan fingerprint density at radius 2 is 1.56 bits per heavy atom. The van der Waals surface area contributed by atoms with Gasteiger partial charge < -0.3 is 4.90 Å². The topological polar surface area (TPSA) is 3.24 Å². The molecule has 0 aromatic carbocycles. The van der Waals surface area contributed by atoms with Gasteiger partial charge in [-0.3, -0.25) is 0 Å². The molecule has 0 aromatic rings. The van der Waals surface area contributed by atoms with Crippen LogP contribution < -0.4 is 0 Å². The third-order valence-corrected chi connectivity index (χ3v) is 5.44. The summed E-state index contributed by atoms with van der Waals surface area (Å²) in [5.41, 5.74) is 0. The minimum absolute atomic E-state index is 1.01. The maximum absolute atomic E-state index is 2.67. The van der Waals surface area contributed by atoms with Crippen LogP contribution in [0.15, 0.2) is 0 Å². The summed E-state index contributed by atoms with van der Waals surface area (Å²) in [5.74, 6) is 1.40. The molecule has 1 heterocycles. The highest BCUT2D eigenvalue weighted by Crippen LogP contribution is 2.28. The highest BCUT2D eigenvalue weighted by atomic mass is 32.2. The summed E-state index contributed by atoms with van der Waals surface area (Å²) >= 11 is 2.26. The molecule has 0 N–H and O–H groups in total. The molecule has 1 aliphatic heterocycles. The van der Waals surface area contributed by atoms with Crippen LogP contribution in [-0.2, 0) is 0 Å². The molecule has 2 fully saturated rings. The smallest absolute Gasteiger partial charge is 0.00470 e. The van der Waals surface area contributed by atoms with Crippen molar-refractivity contribution in [1.29, 1.82) is 0 Å². The van der Waals surface area contributed by atoms with Gasteiger partial charge in [0.25, 0.3) is 0 Å². The molecule has 2 rings (SSSR count). The number of nitrogens with zero attached hydrogens (tertiary/aromatic N) is 1. The van der Waals surface area contributed by atoms with Crippen molar-refractivity contribution in [3.8, 4) is 0 Å². The van der Waals surface area contributed by atoms with Gasteiger partial charge in [-0.2, -0.15) is 11.8 Å². The van der Waals surface area contributed by atoms with Crippen molar-refractivity contribution in [1.82, 2.24) is 4.90 Å². The van der Waals surface area contributed by atoms with Gasteiger partial charge in [-0.15, -0.1) is 0 Å². The van der Waals surface area contributed by atoms with E-state index in [-0.39, 0.29) is 0 Å². The zero-order chi connectivity index (χ0) is 11.1. The lowest BCUT2D eigenvalue weighted by Crippen LogP contribution is -2.30. The first-order valence-electron chi connectivity index (χ1n) is 7.29. The molecule has 1 saturated carbocycles. The Kier molecular flexibility index (Phi) is 6.06. The SMILES string of the molecule is C1CCC(SCCCN2CCCCC2)CC1.